The SMILES string of the molecule is COc1cc(C(=O)Nc2cc(C(=O)NCc3ccco3)ccc2N2CC3CC(C2)c2cccc(=O)n2C3)cc(OC)c1OC. The fraction of sp³-hybridized carbons (Fsp3) is 0.303. The topological polar surface area (TPSA) is 124 Å². The molecule has 4 aromatic rings. The van der Waals surface area contributed by atoms with Gasteiger partial charge in [0, 0.05) is 48.4 Å². The molecule has 6 rings (SSSR count). The van der Waals surface area contributed by atoms with Crippen molar-refractivity contribution in [3.05, 3.63) is 99.9 Å². The molecule has 1 saturated heterocycles. The lowest BCUT2D eigenvalue weighted by molar-refractivity contribution is 0.0946. The average Bonchev–Trinajstić information content (AvgIpc) is 3.57. The highest BCUT2D eigenvalue weighted by molar-refractivity contribution is 6.08. The van der Waals surface area contributed by atoms with Crippen LogP contribution in [-0.4, -0.2) is 50.8 Å². The number of methoxy groups -OCH3 is 3. The number of carbonyl (C=O) groups is 2. The summed E-state index contributed by atoms with van der Waals surface area (Å²) < 4.78 is 23.5. The van der Waals surface area contributed by atoms with Gasteiger partial charge in [0.2, 0.25) is 5.75 Å². The minimum Gasteiger partial charge on any atom is -0.493 e. The highest BCUT2D eigenvalue weighted by atomic mass is 16.5. The van der Waals surface area contributed by atoms with Crippen LogP contribution in [0.3, 0.4) is 0 Å². The number of furan rings is 1. The van der Waals surface area contributed by atoms with Crippen LogP contribution in [0, 0.1) is 5.92 Å². The van der Waals surface area contributed by atoms with Gasteiger partial charge in [0.15, 0.2) is 11.5 Å². The van der Waals surface area contributed by atoms with Crippen LogP contribution in [0.15, 0.2) is 76.1 Å². The smallest absolute Gasteiger partial charge is 0.255 e. The minimum absolute atomic E-state index is 0.0221. The maximum absolute atomic E-state index is 13.7. The quantitative estimate of drug-likeness (QED) is 0.293. The number of piperidine rings is 1. The van der Waals surface area contributed by atoms with E-state index in [4.69, 9.17) is 18.6 Å². The van der Waals surface area contributed by atoms with E-state index >= 15 is 0 Å². The molecule has 2 amide bonds. The van der Waals surface area contributed by atoms with E-state index in [9.17, 15) is 14.4 Å². The number of benzene rings is 2. The zero-order valence-electron chi connectivity index (χ0n) is 24.8. The lowest BCUT2D eigenvalue weighted by Gasteiger charge is -2.44. The van der Waals surface area contributed by atoms with E-state index in [1.165, 1.54) is 21.3 Å². The first-order valence-electron chi connectivity index (χ1n) is 14.4. The van der Waals surface area contributed by atoms with Crippen molar-refractivity contribution in [1.82, 2.24) is 9.88 Å². The summed E-state index contributed by atoms with van der Waals surface area (Å²) in [6.45, 7) is 2.24. The molecule has 2 aliphatic rings. The summed E-state index contributed by atoms with van der Waals surface area (Å²) in [6, 6.07) is 17.4. The Morgan fingerprint density at radius 3 is 2.39 bits per heavy atom. The van der Waals surface area contributed by atoms with E-state index in [0.717, 1.165) is 17.8 Å². The van der Waals surface area contributed by atoms with Crippen molar-refractivity contribution in [2.45, 2.75) is 25.4 Å². The van der Waals surface area contributed by atoms with Crippen LogP contribution in [0.4, 0.5) is 11.4 Å². The molecular formula is C33H34N4O7. The zero-order chi connectivity index (χ0) is 30.8. The molecule has 1 fully saturated rings. The molecule has 44 heavy (non-hydrogen) atoms. The van der Waals surface area contributed by atoms with E-state index in [-0.39, 0.29) is 29.8 Å². The molecular weight excluding hydrogens is 564 g/mol. The van der Waals surface area contributed by atoms with Crippen LogP contribution in [0.1, 0.15) is 44.5 Å². The van der Waals surface area contributed by atoms with Gasteiger partial charge in [-0.2, -0.15) is 0 Å². The largest absolute Gasteiger partial charge is 0.493 e. The zero-order valence-corrected chi connectivity index (χ0v) is 24.8. The highest BCUT2D eigenvalue weighted by Gasteiger charge is 2.35. The molecule has 228 valence electrons. The number of rotatable bonds is 9. The molecule has 0 spiro atoms. The van der Waals surface area contributed by atoms with Gasteiger partial charge in [-0.1, -0.05) is 6.07 Å². The first-order chi connectivity index (χ1) is 21.4. The second-order valence-corrected chi connectivity index (χ2v) is 11.0. The Kier molecular flexibility index (Phi) is 8.01. The van der Waals surface area contributed by atoms with Crippen LogP contribution < -0.4 is 35.3 Å². The van der Waals surface area contributed by atoms with E-state index in [1.807, 2.05) is 22.8 Å². The lowest BCUT2D eigenvalue weighted by Crippen LogP contribution is -2.47. The van der Waals surface area contributed by atoms with E-state index in [0.29, 0.717) is 59.5 Å². The van der Waals surface area contributed by atoms with Gasteiger partial charge in [-0.05, 0) is 60.9 Å². The molecule has 2 unspecified atom stereocenters. The van der Waals surface area contributed by atoms with Crippen molar-refractivity contribution >= 4 is 23.2 Å². The van der Waals surface area contributed by atoms with Gasteiger partial charge < -0.3 is 38.7 Å². The summed E-state index contributed by atoms with van der Waals surface area (Å²) in [6.07, 6.45) is 2.54. The third-order valence-corrected chi connectivity index (χ3v) is 8.26. The summed E-state index contributed by atoms with van der Waals surface area (Å²) >= 11 is 0. The van der Waals surface area contributed by atoms with Gasteiger partial charge in [0.25, 0.3) is 17.4 Å². The van der Waals surface area contributed by atoms with Crippen LogP contribution in [0.2, 0.25) is 0 Å². The fourth-order valence-corrected chi connectivity index (χ4v) is 6.24. The summed E-state index contributed by atoms with van der Waals surface area (Å²) in [5, 5.41) is 5.90. The summed E-state index contributed by atoms with van der Waals surface area (Å²) in [5.74, 6) is 1.41. The number of carbonyl (C=O) groups excluding carboxylic acids is 2. The number of anilines is 2. The van der Waals surface area contributed by atoms with E-state index in [2.05, 4.69) is 15.5 Å². The number of nitrogens with zero attached hydrogens (tertiary/aromatic N) is 2. The van der Waals surface area contributed by atoms with Crippen LogP contribution in [0.5, 0.6) is 17.2 Å². The van der Waals surface area contributed by atoms with Gasteiger partial charge in [-0.25, -0.2) is 0 Å². The molecule has 2 aliphatic heterocycles. The molecule has 11 heteroatoms. The summed E-state index contributed by atoms with van der Waals surface area (Å²) in [4.78, 5) is 41.6. The third-order valence-electron chi connectivity index (χ3n) is 8.26. The Bertz CT molecular complexity index is 1720. The van der Waals surface area contributed by atoms with Crippen LogP contribution >= 0.6 is 0 Å². The number of nitrogens with one attached hydrogen (secondary N) is 2. The Hall–Kier alpha value is -5.19. The third kappa shape index (κ3) is 5.60. The monoisotopic (exact) mass is 598 g/mol. The molecule has 2 aromatic heterocycles. The van der Waals surface area contributed by atoms with Gasteiger partial charge in [0.05, 0.1) is 45.5 Å². The molecule has 0 aliphatic carbocycles. The number of fused-ring (bicyclic) bond motifs is 4. The Labute approximate surface area is 254 Å². The predicted octanol–water partition coefficient (Wildman–Crippen LogP) is 4.27. The average molecular weight is 599 g/mol. The second-order valence-electron chi connectivity index (χ2n) is 11.0. The Morgan fingerprint density at radius 1 is 0.886 bits per heavy atom. The first-order valence-corrected chi connectivity index (χ1v) is 14.4. The fourth-order valence-electron chi connectivity index (χ4n) is 6.24. The first kappa shape index (κ1) is 28.9. The minimum atomic E-state index is -0.409. The van der Waals surface area contributed by atoms with Gasteiger partial charge in [0.1, 0.15) is 5.76 Å². The van der Waals surface area contributed by atoms with Crippen LogP contribution in [-0.2, 0) is 13.1 Å². The molecule has 0 saturated carbocycles. The Balaban J connectivity index is 1.33. The lowest BCUT2D eigenvalue weighted by atomic mass is 9.83. The maximum Gasteiger partial charge on any atom is 0.255 e. The Morgan fingerprint density at radius 2 is 1.68 bits per heavy atom. The van der Waals surface area contributed by atoms with Gasteiger partial charge in [-0.15, -0.1) is 0 Å². The molecule has 2 atom stereocenters. The molecule has 4 heterocycles. The number of aromatic nitrogens is 1. The van der Waals surface area contributed by atoms with Crippen LogP contribution in [0.25, 0.3) is 0 Å². The van der Waals surface area contributed by atoms with Crippen molar-refractivity contribution in [3.8, 4) is 17.2 Å². The normalized spacial score (nSPS) is 16.9. The number of pyridine rings is 1. The molecule has 0 radical (unpaired) electrons. The van der Waals surface area contributed by atoms with Crippen molar-refractivity contribution in [1.29, 1.82) is 0 Å². The predicted molar refractivity (Wildman–Crippen MR) is 164 cm³/mol. The molecule has 2 N–H and O–H groups in total. The van der Waals surface area contributed by atoms with Crippen molar-refractivity contribution < 1.29 is 28.2 Å². The van der Waals surface area contributed by atoms with Crippen molar-refractivity contribution in [2.24, 2.45) is 5.92 Å². The maximum atomic E-state index is 13.7. The molecule has 11 nitrogen and oxygen atoms in total. The summed E-state index contributed by atoms with van der Waals surface area (Å²) in [7, 11) is 4.47. The van der Waals surface area contributed by atoms with E-state index < -0.39 is 5.91 Å². The molecule has 2 aromatic carbocycles. The number of hydrogen-bond donors (Lipinski definition) is 2. The molecule has 2 bridgehead atoms. The van der Waals surface area contributed by atoms with E-state index in [1.54, 1.807) is 48.7 Å². The highest BCUT2D eigenvalue weighted by Crippen LogP contribution is 2.41. The second kappa shape index (κ2) is 12.2. The van der Waals surface area contributed by atoms with Gasteiger partial charge >= 0.3 is 0 Å². The van der Waals surface area contributed by atoms with Gasteiger partial charge in [-0.3, -0.25) is 14.4 Å². The van der Waals surface area contributed by atoms with Crippen molar-refractivity contribution in [2.75, 3.05) is 44.6 Å². The standard InChI is InChI=1S/C33H34N4O7/c1-41-28-14-22(15-29(42-2)31(28)43-3)33(40)35-25-13-21(32(39)34-16-24-6-5-11-44-24)9-10-27(25)36-17-20-12-23(19-36)26-7-4-8-30(38)37(26)18-20/h4-11,13-15,20,23H,12,16-19H2,1-3H3,(H,34,39)(H,35,40). The summed E-state index contributed by atoms with van der Waals surface area (Å²) in [5.41, 5.74) is 3.00. The number of amides is 2. The van der Waals surface area contributed by atoms with Crippen molar-refractivity contribution in [3.63, 3.8) is 0 Å². The number of ether oxygens (including phenoxy) is 3. The number of hydrogen-bond acceptors (Lipinski definition) is 8.